The fourth-order valence-corrected chi connectivity index (χ4v) is 1.88. The zero-order valence-corrected chi connectivity index (χ0v) is 11.1. The van der Waals surface area contributed by atoms with E-state index in [0.29, 0.717) is 12.3 Å². The molecule has 0 unspecified atom stereocenters. The van der Waals surface area contributed by atoms with Crippen LogP contribution in [0.4, 0.5) is 0 Å². The van der Waals surface area contributed by atoms with Crippen molar-refractivity contribution in [3.63, 3.8) is 0 Å². The van der Waals surface area contributed by atoms with Crippen molar-refractivity contribution in [2.24, 2.45) is 0 Å². The van der Waals surface area contributed by atoms with Crippen LogP contribution in [0.5, 0.6) is 5.75 Å². The molecular formula is C14H21NO2. The van der Waals surface area contributed by atoms with Crippen LogP contribution in [0.25, 0.3) is 0 Å². The van der Waals surface area contributed by atoms with Crippen molar-refractivity contribution in [3.05, 3.63) is 28.8 Å². The smallest absolute Gasteiger partial charge is 0.180 e. The monoisotopic (exact) mass is 235 g/mol. The number of hydrogen-bond donors (Lipinski definition) is 1. The Morgan fingerprint density at radius 1 is 1.18 bits per heavy atom. The summed E-state index contributed by atoms with van der Waals surface area (Å²) in [5.74, 6) is 1.30. The summed E-state index contributed by atoms with van der Waals surface area (Å²) in [6, 6.07) is 4.25. The first-order chi connectivity index (χ1) is 8.08. The molecule has 0 aliphatic rings. The maximum Gasteiger partial charge on any atom is 0.180 e. The molecule has 0 aliphatic carbocycles. The molecule has 0 spiro atoms. The van der Waals surface area contributed by atoms with Crippen molar-refractivity contribution in [3.8, 4) is 5.75 Å². The van der Waals surface area contributed by atoms with E-state index in [1.165, 1.54) is 11.1 Å². The largest absolute Gasteiger partial charge is 0.496 e. The van der Waals surface area contributed by atoms with E-state index in [9.17, 15) is 0 Å². The summed E-state index contributed by atoms with van der Waals surface area (Å²) in [6.07, 6.45) is 2.61. The molecule has 0 fully saturated rings. The molecule has 1 N–H and O–H groups in total. The van der Waals surface area contributed by atoms with Crippen LogP contribution in [0.1, 0.15) is 29.5 Å². The predicted molar refractivity (Wildman–Crippen MR) is 70.1 cm³/mol. The molecule has 0 saturated heterocycles. The molecule has 0 amide bonds. The standard InChI is InChI=1S/C14H21NO2/c1-10-9-13(16-3)11(2)8-12(10)6-5-7-14(15)17-4/h8-9,15H,5-7H2,1-4H3. The lowest BCUT2D eigenvalue weighted by Gasteiger charge is -2.11. The summed E-state index contributed by atoms with van der Waals surface area (Å²) in [4.78, 5) is 0. The van der Waals surface area contributed by atoms with Gasteiger partial charge in [-0.3, -0.25) is 5.41 Å². The average molecular weight is 235 g/mol. The first kappa shape index (κ1) is 13.6. The molecular weight excluding hydrogens is 214 g/mol. The first-order valence-electron chi connectivity index (χ1n) is 5.84. The zero-order chi connectivity index (χ0) is 12.8. The molecule has 0 aromatic heterocycles. The van der Waals surface area contributed by atoms with Gasteiger partial charge < -0.3 is 9.47 Å². The molecule has 3 nitrogen and oxygen atoms in total. The molecule has 3 heteroatoms. The van der Waals surface area contributed by atoms with Crippen LogP contribution in [0.2, 0.25) is 0 Å². The van der Waals surface area contributed by atoms with Crippen molar-refractivity contribution in [1.29, 1.82) is 5.41 Å². The van der Waals surface area contributed by atoms with Crippen LogP contribution in [0, 0.1) is 19.3 Å². The topological polar surface area (TPSA) is 42.3 Å². The summed E-state index contributed by atoms with van der Waals surface area (Å²) < 4.78 is 10.1. The van der Waals surface area contributed by atoms with Gasteiger partial charge in [-0.2, -0.15) is 0 Å². The quantitative estimate of drug-likeness (QED) is 0.628. The first-order valence-corrected chi connectivity index (χ1v) is 5.84. The van der Waals surface area contributed by atoms with Gasteiger partial charge in [0, 0.05) is 6.42 Å². The third-order valence-corrected chi connectivity index (χ3v) is 2.95. The SMILES string of the molecule is COC(=N)CCCc1cc(C)c(OC)cc1C. The summed E-state index contributed by atoms with van der Waals surface area (Å²) in [5.41, 5.74) is 3.73. The van der Waals surface area contributed by atoms with Gasteiger partial charge in [0.05, 0.1) is 14.2 Å². The average Bonchev–Trinajstić information content (AvgIpc) is 2.32. The lowest BCUT2D eigenvalue weighted by atomic mass is 10.00. The van der Waals surface area contributed by atoms with Gasteiger partial charge in [0.25, 0.3) is 0 Å². The van der Waals surface area contributed by atoms with E-state index in [2.05, 4.69) is 26.0 Å². The summed E-state index contributed by atoms with van der Waals surface area (Å²) >= 11 is 0. The van der Waals surface area contributed by atoms with E-state index in [1.807, 2.05) is 0 Å². The molecule has 0 bridgehead atoms. The van der Waals surface area contributed by atoms with E-state index in [4.69, 9.17) is 14.9 Å². The van der Waals surface area contributed by atoms with Gasteiger partial charge in [-0.15, -0.1) is 0 Å². The Bertz CT molecular complexity index is 399. The Morgan fingerprint density at radius 2 is 1.88 bits per heavy atom. The molecule has 0 heterocycles. The summed E-state index contributed by atoms with van der Waals surface area (Å²) in [5, 5.41) is 7.42. The normalized spacial score (nSPS) is 10.1. The number of hydrogen-bond acceptors (Lipinski definition) is 3. The minimum absolute atomic E-state index is 0.355. The van der Waals surface area contributed by atoms with Crippen molar-refractivity contribution in [2.75, 3.05) is 14.2 Å². The second-order valence-electron chi connectivity index (χ2n) is 4.23. The Balaban J connectivity index is 2.65. The number of benzene rings is 1. The maximum absolute atomic E-state index is 7.42. The molecule has 1 aromatic rings. The highest BCUT2D eigenvalue weighted by Gasteiger charge is 2.05. The zero-order valence-electron chi connectivity index (χ0n) is 11.1. The van der Waals surface area contributed by atoms with E-state index >= 15 is 0 Å². The van der Waals surface area contributed by atoms with Crippen molar-refractivity contribution in [1.82, 2.24) is 0 Å². The molecule has 0 aliphatic heterocycles. The minimum atomic E-state index is 0.355. The van der Waals surface area contributed by atoms with Crippen LogP contribution >= 0.6 is 0 Å². The third-order valence-electron chi connectivity index (χ3n) is 2.95. The number of nitrogens with one attached hydrogen (secondary N) is 1. The maximum atomic E-state index is 7.42. The number of aryl methyl sites for hydroxylation is 3. The number of methoxy groups -OCH3 is 2. The van der Waals surface area contributed by atoms with E-state index in [-0.39, 0.29) is 0 Å². The van der Waals surface area contributed by atoms with Gasteiger partial charge in [0.2, 0.25) is 0 Å². The molecule has 1 aromatic carbocycles. The summed E-state index contributed by atoms with van der Waals surface area (Å²) in [6.45, 7) is 4.15. The molecule has 17 heavy (non-hydrogen) atoms. The highest BCUT2D eigenvalue weighted by atomic mass is 16.5. The van der Waals surface area contributed by atoms with Crippen LogP contribution < -0.4 is 4.74 Å². The van der Waals surface area contributed by atoms with Crippen LogP contribution in [0.3, 0.4) is 0 Å². The van der Waals surface area contributed by atoms with Crippen molar-refractivity contribution in [2.45, 2.75) is 33.1 Å². The molecule has 0 radical (unpaired) electrons. The van der Waals surface area contributed by atoms with Gasteiger partial charge >= 0.3 is 0 Å². The van der Waals surface area contributed by atoms with E-state index in [0.717, 1.165) is 24.2 Å². The van der Waals surface area contributed by atoms with E-state index < -0.39 is 0 Å². The highest BCUT2D eigenvalue weighted by Crippen LogP contribution is 2.23. The van der Waals surface area contributed by atoms with Gasteiger partial charge in [0.15, 0.2) is 5.90 Å². The van der Waals surface area contributed by atoms with Gasteiger partial charge in [0.1, 0.15) is 5.75 Å². The van der Waals surface area contributed by atoms with Gasteiger partial charge in [-0.25, -0.2) is 0 Å². The lowest BCUT2D eigenvalue weighted by molar-refractivity contribution is 0.384. The third kappa shape index (κ3) is 3.77. The Kier molecular flexibility index (Phi) is 5.01. The predicted octanol–water partition coefficient (Wildman–Crippen LogP) is 3.26. The minimum Gasteiger partial charge on any atom is -0.496 e. The second kappa shape index (κ2) is 6.28. The lowest BCUT2D eigenvalue weighted by Crippen LogP contribution is -2.01. The van der Waals surface area contributed by atoms with E-state index in [1.54, 1.807) is 14.2 Å². The summed E-state index contributed by atoms with van der Waals surface area (Å²) in [7, 11) is 3.24. The number of ether oxygens (including phenoxy) is 2. The molecule has 1 rings (SSSR count). The highest BCUT2D eigenvalue weighted by molar-refractivity contribution is 5.72. The second-order valence-corrected chi connectivity index (χ2v) is 4.23. The van der Waals surface area contributed by atoms with Crippen LogP contribution in [0.15, 0.2) is 12.1 Å². The van der Waals surface area contributed by atoms with Crippen LogP contribution in [-0.4, -0.2) is 20.1 Å². The van der Waals surface area contributed by atoms with Crippen molar-refractivity contribution < 1.29 is 9.47 Å². The number of rotatable bonds is 5. The molecule has 0 saturated carbocycles. The molecule has 0 atom stereocenters. The van der Waals surface area contributed by atoms with Gasteiger partial charge in [-0.05, 0) is 49.4 Å². The Hall–Kier alpha value is -1.51. The Morgan fingerprint density at radius 3 is 2.47 bits per heavy atom. The van der Waals surface area contributed by atoms with Crippen LogP contribution in [-0.2, 0) is 11.2 Å². The van der Waals surface area contributed by atoms with Gasteiger partial charge in [-0.1, -0.05) is 6.07 Å². The van der Waals surface area contributed by atoms with Crippen molar-refractivity contribution >= 4 is 5.90 Å². The molecule has 94 valence electrons. The fourth-order valence-electron chi connectivity index (χ4n) is 1.88. The Labute approximate surface area is 103 Å². The fraction of sp³-hybridized carbons (Fsp3) is 0.500.